The first-order valence-electron chi connectivity index (χ1n) is 6.49. The summed E-state index contributed by atoms with van der Waals surface area (Å²) < 4.78 is 5.18. The molecular weight excluding hydrogens is 226 g/mol. The van der Waals surface area contributed by atoms with Crippen LogP contribution in [0.25, 0.3) is 0 Å². The lowest BCUT2D eigenvalue weighted by molar-refractivity contribution is 0.314. The van der Waals surface area contributed by atoms with Crippen molar-refractivity contribution in [1.82, 2.24) is 0 Å². The highest BCUT2D eigenvalue weighted by Gasteiger charge is 2.24. The number of likely N-dealkylation sites (N-methyl/N-ethyl adjacent to an activating group) is 1. The molecule has 0 bridgehead atoms. The summed E-state index contributed by atoms with van der Waals surface area (Å²) in [5.74, 6) is 0.793. The van der Waals surface area contributed by atoms with Gasteiger partial charge in [-0.3, -0.25) is 0 Å². The van der Waals surface area contributed by atoms with Gasteiger partial charge in [-0.15, -0.1) is 0 Å². The molecule has 1 aromatic rings. The molecule has 0 aromatic heterocycles. The van der Waals surface area contributed by atoms with E-state index in [0.29, 0.717) is 12.6 Å². The van der Waals surface area contributed by atoms with E-state index < -0.39 is 0 Å². The second-order valence-corrected chi connectivity index (χ2v) is 5.18. The summed E-state index contributed by atoms with van der Waals surface area (Å²) in [5.41, 5.74) is 8.23. The van der Waals surface area contributed by atoms with E-state index in [1.807, 2.05) is 0 Å². The molecule has 1 heterocycles. The number of nitrogens with two attached hydrogens (primary N) is 1. The van der Waals surface area contributed by atoms with E-state index in [9.17, 15) is 0 Å². The molecule has 1 aromatic carbocycles. The predicted molar refractivity (Wildman–Crippen MR) is 73.0 cm³/mol. The Morgan fingerprint density at radius 3 is 2.94 bits per heavy atom. The Morgan fingerprint density at radius 1 is 1.44 bits per heavy atom. The SMILES string of the molecule is CN(C[C@H]1COC(N)=N1)c1cccc(C2CC2)c1. The number of benzene rings is 1. The number of rotatable bonds is 4. The fourth-order valence-electron chi connectivity index (χ4n) is 2.38. The van der Waals surface area contributed by atoms with Crippen LogP contribution < -0.4 is 10.6 Å². The van der Waals surface area contributed by atoms with E-state index >= 15 is 0 Å². The summed E-state index contributed by atoms with van der Waals surface area (Å²) in [5, 5.41) is 0. The summed E-state index contributed by atoms with van der Waals surface area (Å²) in [6.45, 7) is 1.44. The third kappa shape index (κ3) is 2.42. The van der Waals surface area contributed by atoms with Crippen LogP contribution in [-0.4, -0.2) is 32.3 Å². The van der Waals surface area contributed by atoms with E-state index in [-0.39, 0.29) is 6.04 Å². The molecule has 1 aliphatic carbocycles. The zero-order chi connectivity index (χ0) is 12.5. The van der Waals surface area contributed by atoms with E-state index in [2.05, 4.69) is 41.2 Å². The first kappa shape index (κ1) is 11.4. The van der Waals surface area contributed by atoms with Crippen molar-refractivity contribution in [3.8, 4) is 0 Å². The van der Waals surface area contributed by atoms with Gasteiger partial charge in [0.05, 0.1) is 0 Å². The molecule has 4 heteroatoms. The fourth-order valence-corrected chi connectivity index (χ4v) is 2.38. The minimum atomic E-state index is 0.152. The Morgan fingerprint density at radius 2 is 2.28 bits per heavy atom. The van der Waals surface area contributed by atoms with Crippen LogP contribution in [0, 0.1) is 0 Å². The average molecular weight is 245 g/mol. The largest absolute Gasteiger partial charge is 0.463 e. The van der Waals surface area contributed by atoms with Crippen LogP contribution >= 0.6 is 0 Å². The highest BCUT2D eigenvalue weighted by molar-refractivity contribution is 5.73. The first-order chi connectivity index (χ1) is 8.72. The summed E-state index contributed by atoms with van der Waals surface area (Å²) in [4.78, 5) is 6.48. The topological polar surface area (TPSA) is 50.9 Å². The minimum Gasteiger partial charge on any atom is -0.463 e. The molecule has 0 unspecified atom stereocenters. The van der Waals surface area contributed by atoms with Gasteiger partial charge in [0.15, 0.2) is 0 Å². The van der Waals surface area contributed by atoms with Gasteiger partial charge in [0, 0.05) is 19.3 Å². The van der Waals surface area contributed by atoms with Gasteiger partial charge in [0.25, 0.3) is 6.02 Å². The number of ether oxygens (including phenoxy) is 1. The van der Waals surface area contributed by atoms with Gasteiger partial charge in [-0.25, -0.2) is 4.99 Å². The molecule has 2 aliphatic rings. The number of hydrogen-bond acceptors (Lipinski definition) is 4. The van der Waals surface area contributed by atoms with Gasteiger partial charge in [-0.2, -0.15) is 0 Å². The summed E-state index contributed by atoms with van der Waals surface area (Å²) >= 11 is 0. The molecule has 0 saturated heterocycles. The third-order valence-corrected chi connectivity index (χ3v) is 3.58. The van der Waals surface area contributed by atoms with Crippen molar-refractivity contribution in [3.63, 3.8) is 0 Å². The van der Waals surface area contributed by atoms with E-state index in [1.165, 1.54) is 24.1 Å². The van der Waals surface area contributed by atoms with Crippen LogP contribution in [0.4, 0.5) is 5.69 Å². The molecule has 2 N–H and O–H groups in total. The molecule has 1 aliphatic heterocycles. The second kappa shape index (κ2) is 4.52. The molecule has 96 valence electrons. The molecule has 1 saturated carbocycles. The van der Waals surface area contributed by atoms with E-state index in [0.717, 1.165) is 12.5 Å². The Balaban J connectivity index is 1.67. The zero-order valence-electron chi connectivity index (χ0n) is 10.7. The number of amidine groups is 1. The number of hydrogen-bond donors (Lipinski definition) is 1. The van der Waals surface area contributed by atoms with Crippen molar-refractivity contribution in [2.75, 3.05) is 25.1 Å². The van der Waals surface area contributed by atoms with E-state index in [4.69, 9.17) is 10.5 Å². The second-order valence-electron chi connectivity index (χ2n) is 5.18. The molecular formula is C14H19N3O. The van der Waals surface area contributed by atoms with Crippen LogP contribution in [0.2, 0.25) is 0 Å². The van der Waals surface area contributed by atoms with Crippen LogP contribution in [0.15, 0.2) is 29.3 Å². The smallest absolute Gasteiger partial charge is 0.282 e. The molecule has 18 heavy (non-hydrogen) atoms. The first-order valence-corrected chi connectivity index (χ1v) is 6.49. The molecule has 0 spiro atoms. The maximum absolute atomic E-state index is 5.52. The molecule has 3 rings (SSSR count). The molecule has 4 nitrogen and oxygen atoms in total. The molecule has 1 fully saturated rings. The zero-order valence-corrected chi connectivity index (χ0v) is 10.7. The minimum absolute atomic E-state index is 0.152. The predicted octanol–water partition coefficient (Wildman–Crippen LogP) is 1.71. The van der Waals surface area contributed by atoms with Crippen molar-refractivity contribution >= 4 is 11.7 Å². The van der Waals surface area contributed by atoms with Crippen LogP contribution in [0.3, 0.4) is 0 Å². The summed E-state index contributed by atoms with van der Waals surface area (Å²) in [6, 6.07) is 9.28. The Kier molecular flexibility index (Phi) is 2.86. The van der Waals surface area contributed by atoms with Gasteiger partial charge in [0.1, 0.15) is 12.6 Å². The molecule has 1 atom stereocenters. The van der Waals surface area contributed by atoms with Gasteiger partial charge < -0.3 is 15.4 Å². The Bertz CT molecular complexity index is 468. The normalized spacial score (nSPS) is 22.5. The van der Waals surface area contributed by atoms with Crippen molar-refractivity contribution in [1.29, 1.82) is 0 Å². The summed E-state index contributed by atoms with van der Waals surface area (Å²) in [7, 11) is 2.09. The van der Waals surface area contributed by atoms with Crippen LogP contribution in [0.5, 0.6) is 0 Å². The van der Waals surface area contributed by atoms with E-state index in [1.54, 1.807) is 0 Å². The average Bonchev–Trinajstić information content (AvgIpc) is 3.14. The monoisotopic (exact) mass is 245 g/mol. The lowest BCUT2D eigenvalue weighted by Crippen LogP contribution is -2.28. The third-order valence-electron chi connectivity index (χ3n) is 3.58. The highest BCUT2D eigenvalue weighted by Crippen LogP contribution is 2.40. The fraction of sp³-hybridized carbons (Fsp3) is 0.500. The molecule has 0 amide bonds. The van der Waals surface area contributed by atoms with Gasteiger partial charge in [-0.1, -0.05) is 12.1 Å². The number of nitrogens with zero attached hydrogens (tertiary/aromatic N) is 2. The van der Waals surface area contributed by atoms with Crippen LogP contribution in [-0.2, 0) is 4.74 Å². The number of anilines is 1. The maximum atomic E-state index is 5.52. The highest BCUT2D eigenvalue weighted by atomic mass is 16.5. The van der Waals surface area contributed by atoms with Gasteiger partial charge in [0.2, 0.25) is 0 Å². The lowest BCUT2D eigenvalue weighted by atomic mass is 10.1. The van der Waals surface area contributed by atoms with Crippen LogP contribution in [0.1, 0.15) is 24.3 Å². The van der Waals surface area contributed by atoms with Crippen molar-refractivity contribution in [2.24, 2.45) is 10.7 Å². The Labute approximate surface area is 107 Å². The van der Waals surface area contributed by atoms with Crippen molar-refractivity contribution in [3.05, 3.63) is 29.8 Å². The van der Waals surface area contributed by atoms with Crippen molar-refractivity contribution < 1.29 is 4.74 Å². The van der Waals surface area contributed by atoms with Crippen molar-refractivity contribution in [2.45, 2.75) is 24.8 Å². The Hall–Kier alpha value is -1.71. The maximum Gasteiger partial charge on any atom is 0.282 e. The van der Waals surface area contributed by atoms with Gasteiger partial charge >= 0.3 is 0 Å². The summed E-state index contributed by atoms with van der Waals surface area (Å²) in [6.07, 6.45) is 2.68. The molecule has 0 radical (unpaired) electrons. The number of aliphatic imine (C=N–C) groups is 1. The lowest BCUT2D eigenvalue weighted by Gasteiger charge is -2.21. The standard InChI is InChI=1S/C14H19N3O/c1-17(8-12-9-18-14(15)16-12)13-4-2-3-11(7-13)10-5-6-10/h2-4,7,10,12H,5-6,8-9H2,1H3,(H2,15,16)/t12-/m0/s1. The van der Waals surface area contributed by atoms with Gasteiger partial charge in [-0.05, 0) is 36.5 Å². The quantitative estimate of drug-likeness (QED) is 0.878.